The molecule has 0 fully saturated rings. The Kier molecular flexibility index (Phi) is 2.18. The van der Waals surface area contributed by atoms with E-state index in [2.05, 4.69) is 16.5 Å². The number of halogens is 1. The van der Waals surface area contributed by atoms with Crippen LogP contribution in [0.25, 0.3) is 0 Å². The summed E-state index contributed by atoms with van der Waals surface area (Å²) < 4.78 is 34.3. The van der Waals surface area contributed by atoms with Crippen molar-refractivity contribution >= 4 is 9.84 Å². The molecule has 0 saturated carbocycles. The highest BCUT2D eigenvalue weighted by atomic mass is 32.2. The number of aromatic nitrogens is 2. The minimum Gasteiger partial charge on any atom is -0.224 e. The summed E-state index contributed by atoms with van der Waals surface area (Å²) in [6.45, 7) is 3.07. The summed E-state index contributed by atoms with van der Waals surface area (Å²) >= 11 is 0. The van der Waals surface area contributed by atoms with Crippen molar-refractivity contribution < 1.29 is 12.8 Å². The van der Waals surface area contributed by atoms with E-state index >= 15 is 0 Å². The van der Waals surface area contributed by atoms with E-state index in [-0.39, 0.29) is 5.03 Å². The minimum absolute atomic E-state index is 0.384. The molecule has 0 unspecified atom stereocenters. The zero-order valence-corrected chi connectivity index (χ0v) is 6.75. The fraction of sp³-hybridized carbons (Fsp3) is 0. The molecule has 0 aliphatic rings. The standard InChI is InChI=1S/C6H5FN2O2S/c1-2-12(10,11)6-3-5(7)8-4-9-6/h2-4H,1H2/i7-1. The average molecular weight is 187 g/mol. The summed E-state index contributed by atoms with van der Waals surface area (Å²) in [6, 6.07) is 0.733. The van der Waals surface area contributed by atoms with Crippen molar-refractivity contribution in [1.82, 2.24) is 9.97 Å². The molecule has 0 N–H and O–H groups in total. The van der Waals surface area contributed by atoms with Gasteiger partial charge in [-0.25, -0.2) is 18.4 Å². The highest BCUT2D eigenvalue weighted by Crippen LogP contribution is 2.07. The SMILES string of the molecule is C=CS(=O)(=O)c1cc([18F])ncn1. The molecule has 1 aromatic rings. The normalized spacial score (nSPS) is 11.1. The smallest absolute Gasteiger partial charge is 0.217 e. The second kappa shape index (κ2) is 2.98. The maximum absolute atomic E-state index is 12.4. The fourth-order valence-electron chi connectivity index (χ4n) is 0.558. The molecule has 12 heavy (non-hydrogen) atoms. The van der Waals surface area contributed by atoms with Gasteiger partial charge in [-0.05, 0) is 0 Å². The van der Waals surface area contributed by atoms with E-state index in [4.69, 9.17) is 0 Å². The van der Waals surface area contributed by atoms with Gasteiger partial charge in [0.1, 0.15) is 6.33 Å². The highest BCUT2D eigenvalue weighted by molar-refractivity contribution is 7.94. The van der Waals surface area contributed by atoms with E-state index in [0.717, 1.165) is 12.4 Å². The molecular formula is C6H5FN2O2S. The second-order valence-electron chi connectivity index (χ2n) is 1.89. The number of rotatable bonds is 2. The Labute approximate surface area is 68.7 Å². The van der Waals surface area contributed by atoms with Gasteiger partial charge in [0.05, 0.1) is 0 Å². The molecule has 0 bridgehead atoms. The summed E-state index contributed by atoms with van der Waals surface area (Å²) in [5.41, 5.74) is 0. The molecule has 1 rings (SSSR count). The van der Waals surface area contributed by atoms with E-state index in [1.165, 1.54) is 0 Å². The topological polar surface area (TPSA) is 59.9 Å². The Morgan fingerprint density at radius 2 is 2.17 bits per heavy atom. The van der Waals surface area contributed by atoms with Gasteiger partial charge in [0, 0.05) is 11.5 Å². The third-order valence-electron chi connectivity index (χ3n) is 1.12. The van der Waals surface area contributed by atoms with Gasteiger partial charge < -0.3 is 0 Å². The van der Waals surface area contributed by atoms with Crippen molar-refractivity contribution in [1.29, 1.82) is 0 Å². The quantitative estimate of drug-likeness (QED) is 0.634. The van der Waals surface area contributed by atoms with Crippen molar-refractivity contribution in [3.63, 3.8) is 0 Å². The van der Waals surface area contributed by atoms with Crippen LogP contribution in [-0.4, -0.2) is 18.4 Å². The van der Waals surface area contributed by atoms with Gasteiger partial charge in [0.2, 0.25) is 15.8 Å². The number of sulfone groups is 1. The van der Waals surface area contributed by atoms with Gasteiger partial charge in [-0.3, -0.25) is 0 Å². The summed E-state index contributed by atoms with van der Waals surface area (Å²) in [7, 11) is -3.65. The Morgan fingerprint density at radius 3 is 2.67 bits per heavy atom. The molecular weight excluding hydrogens is 182 g/mol. The molecule has 0 atom stereocenters. The monoisotopic (exact) mass is 187 g/mol. The number of hydrogen-bond acceptors (Lipinski definition) is 4. The Morgan fingerprint density at radius 1 is 1.50 bits per heavy atom. The highest BCUT2D eigenvalue weighted by Gasteiger charge is 2.11. The van der Waals surface area contributed by atoms with Crippen LogP contribution >= 0.6 is 0 Å². The zero-order valence-electron chi connectivity index (χ0n) is 5.94. The molecule has 0 aromatic carbocycles. The maximum atomic E-state index is 12.4. The third-order valence-corrected chi connectivity index (χ3v) is 2.36. The Hall–Kier alpha value is -1.30. The first-order valence-electron chi connectivity index (χ1n) is 2.91. The van der Waals surface area contributed by atoms with E-state index in [0.29, 0.717) is 5.41 Å². The average Bonchev–Trinajstić information content (AvgIpc) is 2.05. The van der Waals surface area contributed by atoms with Crippen LogP contribution in [0, 0.1) is 5.95 Å². The maximum Gasteiger partial charge on any atom is 0.217 e. The first-order chi connectivity index (χ1) is 5.56. The van der Waals surface area contributed by atoms with Gasteiger partial charge in [-0.1, -0.05) is 6.58 Å². The Balaban J connectivity index is 3.30. The van der Waals surface area contributed by atoms with E-state index < -0.39 is 15.8 Å². The lowest BCUT2D eigenvalue weighted by Crippen LogP contribution is -2.00. The predicted octanol–water partition coefficient (Wildman–Crippen LogP) is 0.533. The van der Waals surface area contributed by atoms with Crippen LogP contribution in [0.4, 0.5) is 4.39 Å². The van der Waals surface area contributed by atoms with Crippen LogP contribution in [-0.2, 0) is 9.84 Å². The molecule has 0 saturated heterocycles. The Bertz CT molecular complexity index is 402. The van der Waals surface area contributed by atoms with Crippen LogP contribution in [0.5, 0.6) is 0 Å². The predicted molar refractivity (Wildman–Crippen MR) is 39.4 cm³/mol. The van der Waals surface area contributed by atoms with Crippen molar-refractivity contribution in [3.05, 3.63) is 30.3 Å². The molecule has 64 valence electrons. The molecule has 1 heterocycles. The summed E-state index contributed by atoms with van der Waals surface area (Å²) in [4.78, 5) is 6.48. The molecule has 4 nitrogen and oxygen atoms in total. The largest absolute Gasteiger partial charge is 0.224 e. The van der Waals surface area contributed by atoms with Crippen molar-refractivity contribution in [3.8, 4) is 0 Å². The molecule has 6 heteroatoms. The summed E-state index contributed by atoms with van der Waals surface area (Å²) in [5, 5.41) is 0.319. The van der Waals surface area contributed by atoms with Gasteiger partial charge >= 0.3 is 0 Å². The lowest BCUT2D eigenvalue weighted by atomic mass is 10.7. The lowest BCUT2D eigenvalue weighted by molar-refractivity contribution is 0.563. The van der Waals surface area contributed by atoms with Gasteiger partial charge in [0.25, 0.3) is 0 Å². The second-order valence-corrected chi connectivity index (χ2v) is 3.73. The van der Waals surface area contributed by atoms with Crippen molar-refractivity contribution in [2.75, 3.05) is 0 Å². The van der Waals surface area contributed by atoms with E-state index in [1.54, 1.807) is 0 Å². The minimum atomic E-state index is -3.65. The summed E-state index contributed by atoms with van der Waals surface area (Å²) in [6.07, 6.45) is 0.839. The van der Waals surface area contributed by atoms with Gasteiger partial charge in [-0.2, -0.15) is 4.39 Å². The third kappa shape index (κ3) is 1.65. The van der Waals surface area contributed by atoms with Crippen LogP contribution in [0.1, 0.15) is 0 Å². The van der Waals surface area contributed by atoms with Crippen molar-refractivity contribution in [2.45, 2.75) is 5.03 Å². The lowest BCUT2D eigenvalue weighted by Gasteiger charge is -1.94. The zero-order chi connectivity index (χ0) is 9.19. The molecule has 0 spiro atoms. The van der Waals surface area contributed by atoms with Gasteiger partial charge in [-0.15, -0.1) is 0 Å². The van der Waals surface area contributed by atoms with Crippen LogP contribution in [0.15, 0.2) is 29.4 Å². The molecule has 0 aliphatic carbocycles. The van der Waals surface area contributed by atoms with Crippen molar-refractivity contribution in [2.24, 2.45) is 0 Å². The van der Waals surface area contributed by atoms with Gasteiger partial charge in [0.15, 0.2) is 5.03 Å². The van der Waals surface area contributed by atoms with E-state index in [1.807, 2.05) is 0 Å². The number of nitrogens with zero attached hydrogens (tertiary/aromatic N) is 2. The first-order valence-corrected chi connectivity index (χ1v) is 4.46. The molecule has 0 radical (unpaired) electrons. The van der Waals surface area contributed by atoms with Crippen LogP contribution < -0.4 is 0 Å². The summed E-state index contributed by atoms with van der Waals surface area (Å²) in [5.74, 6) is -0.884. The first kappa shape index (κ1) is 8.79. The van der Waals surface area contributed by atoms with E-state index in [9.17, 15) is 12.8 Å². The number of hydrogen-bond donors (Lipinski definition) is 0. The molecule has 0 aliphatic heterocycles. The molecule has 1 aromatic heterocycles. The van der Waals surface area contributed by atoms with Crippen LogP contribution in [0.2, 0.25) is 0 Å². The van der Waals surface area contributed by atoms with Crippen LogP contribution in [0.3, 0.4) is 0 Å². The fourth-order valence-corrected chi connectivity index (χ4v) is 1.18. The molecule has 0 amide bonds.